The first-order chi connectivity index (χ1) is 34.1. The summed E-state index contributed by atoms with van der Waals surface area (Å²) in [5, 5.41) is 53.3. The number of hydrogen-bond acceptors (Lipinski definition) is 14. The highest BCUT2D eigenvalue weighted by molar-refractivity contribution is 6.00. The van der Waals surface area contributed by atoms with E-state index in [0.717, 1.165) is 0 Å². The van der Waals surface area contributed by atoms with E-state index in [1.807, 2.05) is 0 Å². The van der Waals surface area contributed by atoms with E-state index in [1.54, 1.807) is 60.6 Å². The zero-order valence-corrected chi connectivity index (χ0v) is 45.1. The fourth-order valence-corrected chi connectivity index (χ4v) is 7.59. The lowest BCUT2D eigenvalue weighted by Crippen LogP contribution is -2.65. The standard InChI is InChI=1S/C49H85N11O14/c1-13-26(4)36-43(71)54-31(24-33(64)65)40(68)60-49(12,46(74)57-35(25(2)3)42(70)56-37(29(7)62)44(72)58-47(8,9)10)23-19-17-15-14-16-18-22-48(11,45(73)52-27(5)38(66)55-36)59-39(67)30(20-21-32(50)63)53-41(69)34(51)28(6)61/h14-15,25-31,34-37,61-62H,13,16-24,51H2,1-12H3,(H2,50,63)(H,52,73)(H,53,69)(H,54,71)(H,55,66)(H,56,70)(H,57,74)(H,58,72)(H,59,67)(H,60,68)(H,64,65)/b15-14+/t26-,27-,28+,29+,30-,31-,34+,35?,36-,37-,48-,49-/m0/s1. The number of aliphatic hydroxyl groups excluding tert-OH is 2. The summed E-state index contributed by atoms with van der Waals surface area (Å²) in [7, 11) is 0. The SMILES string of the molecule is CC[C@H](C)[C@@H]1NC(=O)[C@H](C)NC(=O)[C@@](C)(NC(=O)[C@H](CCC(N)=O)NC(=O)[C@H](N)[C@@H](C)O)CCC/C=C/CCC[C@@](C)(C(=O)NC(C(=O)N[C@H](C(=O)NC(C)(C)C)[C@@H](C)O)C(C)C)NC(=O)[C@H](CC(=O)O)NC1=O. The van der Waals surface area contributed by atoms with Gasteiger partial charge in [-0.15, -0.1) is 0 Å². The smallest absolute Gasteiger partial charge is 0.305 e. The Morgan fingerprint density at radius 3 is 1.85 bits per heavy atom. The minimum Gasteiger partial charge on any atom is -0.481 e. The lowest BCUT2D eigenvalue weighted by atomic mass is 9.91. The van der Waals surface area contributed by atoms with E-state index in [-0.39, 0.29) is 44.9 Å². The first-order valence-corrected chi connectivity index (χ1v) is 25.2. The predicted octanol–water partition coefficient (Wildman–Crippen LogP) is -1.98. The van der Waals surface area contributed by atoms with Crippen molar-refractivity contribution in [2.45, 2.75) is 218 Å². The van der Waals surface area contributed by atoms with Gasteiger partial charge in [-0.3, -0.25) is 52.7 Å². The number of rotatable bonds is 19. The van der Waals surface area contributed by atoms with Gasteiger partial charge in [-0.05, 0) is 112 Å². The minimum atomic E-state index is -1.88. The number of carbonyl (C=O) groups excluding carboxylic acids is 10. The molecule has 0 aliphatic carbocycles. The highest BCUT2D eigenvalue weighted by atomic mass is 16.4. The van der Waals surface area contributed by atoms with Gasteiger partial charge in [0.1, 0.15) is 53.4 Å². The van der Waals surface area contributed by atoms with Gasteiger partial charge in [-0.25, -0.2) is 0 Å². The number of carboxylic acid groups (broad SMARTS) is 1. The molecule has 0 aromatic heterocycles. The molecule has 0 spiro atoms. The normalized spacial score (nSPS) is 25.2. The fourth-order valence-electron chi connectivity index (χ4n) is 7.59. The molecule has 0 aromatic carbocycles. The van der Waals surface area contributed by atoms with Crippen molar-refractivity contribution in [3.63, 3.8) is 0 Å². The van der Waals surface area contributed by atoms with Crippen molar-refractivity contribution < 1.29 is 68.1 Å². The predicted molar refractivity (Wildman–Crippen MR) is 271 cm³/mol. The Bertz CT molecular complexity index is 2040. The monoisotopic (exact) mass is 1050 g/mol. The van der Waals surface area contributed by atoms with Crippen LogP contribution in [0.4, 0.5) is 0 Å². The van der Waals surface area contributed by atoms with Crippen LogP contribution in [0, 0.1) is 11.8 Å². The highest BCUT2D eigenvalue weighted by Gasteiger charge is 2.43. The van der Waals surface area contributed by atoms with Crippen molar-refractivity contribution in [1.29, 1.82) is 0 Å². The van der Waals surface area contributed by atoms with Crippen LogP contribution in [-0.4, -0.2) is 151 Å². The summed E-state index contributed by atoms with van der Waals surface area (Å²) in [5.74, 6) is -11.6. The van der Waals surface area contributed by atoms with E-state index < -0.39 is 154 Å². The van der Waals surface area contributed by atoms with Crippen LogP contribution >= 0.6 is 0 Å². The average molecular weight is 1050 g/mol. The first-order valence-electron chi connectivity index (χ1n) is 25.2. The van der Waals surface area contributed by atoms with Gasteiger partial charge in [0.25, 0.3) is 0 Å². The molecular formula is C49H85N11O14. The molecule has 12 atom stereocenters. The molecule has 1 aliphatic rings. The van der Waals surface area contributed by atoms with E-state index in [1.165, 1.54) is 34.6 Å². The Hall–Kier alpha value is -6.21. The Morgan fingerprint density at radius 1 is 0.770 bits per heavy atom. The van der Waals surface area contributed by atoms with Crippen molar-refractivity contribution >= 4 is 65.0 Å². The molecule has 0 saturated heterocycles. The molecule has 420 valence electrons. The number of nitrogens with one attached hydrogen (secondary N) is 9. The van der Waals surface area contributed by atoms with E-state index in [4.69, 9.17) is 11.5 Å². The zero-order chi connectivity index (χ0) is 57.1. The summed E-state index contributed by atoms with van der Waals surface area (Å²) < 4.78 is 0. The number of aliphatic carboxylic acids is 1. The van der Waals surface area contributed by atoms with Crippen molar-refractivity contribution in [1.82, 2.24) is 47.9 Å². The number of allylic oxidation sites excluding steroid dienone is 2. The maximum absolute atomic E-state index is 14.5. The van der Waals surface area contributed by atoms with Crippen LogP contribution in [0.15, 0.2) is 12.2 Å². The van der Waals surface area contributed by atoms with Crippen LogP contribution in [0.1, 0.15) is 147 Å². The van der Waals surface area contributed by atoms with Gasteiger partial charge in [0.15, 0.2) is 0 Å². The van der Waals surface area contributed by atoms with Gasteiger partial charge in [0.2, 0.25) is 59.1 Å². The Labute approximate surface area is 433 Å². The second-order valence-corrected chi connectivity index (χ2v) is 21.1. The van der Waals surface area contributed by atoms with Crippen molar-refractivity contribution in [2.24, 2.45) is 23.3 Å². The molecule has 1 aliphatic heterocycles. The topological polar surface area (TPSA) is 409 Å². The Balaban J connectivity index is 3.82. The van der Waals surface area contributed by atoms with Gasteiger partial charge in [0, 0.05) is 12.0 Å². The molecule has 16 N–H and O–H groups in total. The molecule has 10 amide bonds. The molecule has 1 heterocycles. The highest BCUT2D eigenvalue weighted by Crippen LogP contribution is 2.21. The number of hydrogen-bond donors (Lipinski definition) is 14. The lowest BCUT2D eigenvalue weighted by molar-refractivity contribution is -0.143. The van der Waals surface area contributed by atoms with Crippen LogP contribution in [-0.2, 0) is 52.7 Å². The summed E-state index contributed by atoms with van der Waals surface area (Å²) in [6.45, 7) is 18.3. The van der Waals surface area contributed by atoms with Gasteiger partial charge in [-0.2, -0.15) is 0 Å². The molecule has 0 fully saturated rings. The van der Waals surface area contributed by atoms with E-state index in [2.05, 4.69) is 47.9 Å². The van der Waals surface area contributed by atoms with Gasteiger partial charge < -0.3 is 74.6 Å². The summed E-state index contributed by atoms with van der Waals surface area (Å²) in [5.41, 5.74) is 6.73. The number of nitrogens with two attached hydrogens (primary N) is 2. The molecule has 1 unspecified atom stereocenters. The average Bonchev–Trinajstić information content (AvgIpc) is 3.28. The third-order valence-electron chi connectivity index (χ3n) is 12.5. The molecular weight excluding hydrogens is 967 g/mol. The molecule has 0 aromatic rings. The van der Waals surface area contributed by atoms with Crippen LogP contribution in [0.25, 0.3) is 0 Å². The third kappa shape index (κ3) is 21.7. The van der Waals surface area contributed by atoms with Crippen molar-refractivity contribution in [2.75, 3.05) is 0 Å². The first kappa shape index (κ1) is 65.8. The van der Waals surface area contributed by atoms with Gasteiger partial charge in [-0.1, -0.05) is 46.3 Å². The molecule has 25 heteroatoms. The number of amides is 10. The second kappa shape index (κ2) is 29.6. The van der Waals surface area contributed by atoms with Crippen molar-refractivity contribution in [3.05, 3.63) is 12.2 Å². The second-order valence-electron chi connectivity index (χ2n) is 21.1. The number of primary amides is 1. The van der Waals surface area contributed by atoms with Crippen LogP contribution in [0.3, 0.4) is 0 Å². The van der Waals surface area contributed by atoms with Gasteiger partial charge in [0.05, 0.1) is 18.6 Å². The third-order valence-corrected chi connectivity index (χ3v) is 12.5. The number of aliphatic hydroxyl groups is 2. The molecule has 1 rings (SSSR count). The maximum atomic E-state index is 14.5. The van der Waals surface area contributed by atoms with Crippen LogP contribution < -0.4 is 59.3 Å². The van der Waals surface area contributed by atoms with Gasteiger partial charge >= 0.3 is 5.97 Å². The van der Waals surface area contributed by atoms with E-state index >= 15 is 0 Å². The Kier molecular flexibility index (Phi) is 26.3. The van der Waals surface area contributed by atoms with Crippen LogP contribution in [0.5, 0.6) is 0 Å². The zero-order valence-electron chi connectivity index (χ0n) is 45.1. The summed E-state index contributed by atoms with van der Waals surface area (Å²) in [6.07, 6.45) is 0.438. The summed E-state index contributed by atoms with van der Waals surface area (Å²) >= 11 is 0. The summed E-state index contributed by atoms with van der Waals surface area (Å²) in [4.78, 5) is 148. The van der Waals surface area contributed by atoms with E-state index in [9.17, 15) is 68.1 Å². The molecule has 0 saturated carbocycles. The molecule has 25 nitrogen and oxygen atoms in total. The minimum absolute atomic E-state index is 0.0517. The summed E-state index contributed by atoms with van der Waals surface area (Å²) in [6, 6.07) is -10.3. The van der Waals surface area contributed by atoms with E-state index in [0.29, 0.717) is 12.8 Å². The maximum Gasteiger partial charge on any atom is 0.305 e. The quantitative estimate of drug-likeness (QED) is 0.0624. The molecule has 0 radical (unpaired) electrons. The lowest BCUT2D eigenvalue weighted by Gasteiger charge is -2.35. The Morgan fingerprint density at radius 2 is 1.35 bits per heavy atom. The van der Waals surface area contributed by atoms with Crippen molar-refractivity contribution in [3.8, 4) is 0 Å². The number of carbonyl (C=O) groups is 11. The van der Waals surface area contributed by atoms with Crippen LogP contribution in [0.2, 0.25) is 0 Å². The largest absolute Gasteiger partial charge is 0.481 e. The number of carboxylic acids is 1. The molecule has 0 bridgehead atoms. The molecule has 74 heavy (non-hydrogen) atoms. The fraction of sp³-hybridized carbons (Fsp3) is 0.735.